The van der Waals surface area contributed by atoms with Crippen molar-refractivity contribution in [3.05, 3.63) is 27.4 Å². The molecule has 1 amide bonds. The Hall–Kier alpha value is -1.37. The van der Waals surface area contributed by atoms with Crippen LogP contribution in [0.25, 0.3) is 6.08 Å². The van der Waals surface area contributed by atoms with Gasteiger partial charge in [0.2, 0.25) is 5.91 Å². The zero-order chi connectivity index (χ0) is 13.9. The van der Waals surface area contributed by atoms with Crippen LogP contribution in [0.5, 0.6) is 0 Å². The van der Waals surface area contributed by atoms with Gasteiger partial charge < -0.3 is 15.2 Å². The van der Waals surface area contributed by atoms with E-state index >= 15 is 0 Å². The summed E-state index contributed by atoms with van der Waals surface area (Å²) < 4.78 is 5.68. The summed E-state index contributed by atoms with van der Waals surface area (Å²) in [7, 11) is 0. The van der Waals surface area contributed by atoms with E-state index in [1.807, 2.05) is 0 Å². The van der Waals surface area contributed by atoms with Crippen molar-refractivity contribution in [2.45, 2.75) is 12.0 Å². The predicted molar refractivity (Wildman–Crippen MR) is 72.3 cm³/mol. The molecule has 0 aliphatic carbocycles. The lowest BCUT2D eigenvalue weighted by Gasteiger charge is -2.22. The van der Waals surface area contributed by atoms with Gasteiger partial charge in [0, 0.05) is 24.0 Å². The van der Waals surface area contributed by atoms with Crippen molar-refractivity contribution in [3.8, 4) is 0 Å². The first-order valence-corrected chi connectivity index (χ1v) is 6.78. The first kappa shape index (κ1) is 14.0. The molecular weight excluding hydrogens is 290 g/mol. The van der Waals surface area contributed by atoms with Gasteiger partial charge in [-0.1, -0.05) is 11.6 Å². The van der Waals surface area contributed by atoms with E-state index in [1.165, 1.54) is 17.4 Å². The highest BCUT2D eigenvalue weighted by Gasteiger charge is 2.43. The van der Waals surface area contributed by atoms with Crippen molar-refractivity contribution in [1.82, 2.24) is 5.32 Å². The molecule has 0 spiro atoms. The normalized spacial score (nSPS) is 22.8. The molecule has 5 nitrogen and oxygen atoms in total. The van der Waals surface area contributed by atoms with Crippen molar-refractivity contribution >= 4 is 40.9 Å². The van der Waals surface area contributed by atoms with Gasteiger partial charge in [-0.25, -0.2) is 4.79 Å². The molecule has 0 bridgehead atoms. The maximum atomic E-state index is 11.7. The van der Waals surface area contributed by atoms with Crippen molar-refractivity contribution in [2.24, 2.45) is 0 Å². The number of carboxylic acids is 1. The topological polar surface area (TPSA) is 75.6 Å². The van der Waals surface area contributed by atoms with E-state index < -0.39 is 17.4 Å². The number of aliphatic carboxylic acids is 1. The number of carbonyl (C=O) groups excluding carboxylic acids is 1. The molecular formula is C12H12ClNO4S. The van der Waals surface area contributed by atoms with Crippen LogP contribution in [0.2, 0.25) is 4.34 Å². The van der Waals surface area contributed by atoms with E-state index in [-0.39, 0.29) is 13.0 Å². The fourth-order valence-electron chi connectivity index (χ4n) is 1.74. The van der Waals surface area contributed by atoms with Crippen molar-refractivity contribution in [3.63, 3.8) is 0 Å². The fourth-order valence-corrected chi connectivity index (χ4v) is 2.70. The Kier molecular flexibility index (Phi) is 4.24. The molecule has 0 aromatic carbocycles. The van der Waals surface area contributed by atoms with E-state index in [9.17, 15) is 9.59 Å². The fraction of sp³-hybridized carbons (Fsp3) is 0.333. The third-order valence-electron chi connectivity index (χ3n) is 2.79. The quantitative estimate of drug-likeness (QED) is 0.831. The van der Waals surface area contributed by atoms with Crippen LogP contribution in [-0.4, -0.2) is 35.7 Å². The minimum atomic E-state index is -1.31. The monoisotopic (exact) mass is 301 g/mol. The van der Waals surface area contributed by atoms with Gasteiger partial charge >= 0.3 is 5.97 Å². The standard InChI is InChI=1S/C12H12ClNO4S/c13-9-3-1-8(19-9)2-4-10(15)14-12(11(16)17)5-6-18-7-12/h1-4H,5-7H2,(H,14,15)(H,16,17). The number of carbonyl (C=O) groups is 2. The number of amides is 1. The molecule has 1 unspecified atom stereocenters. The number of nitrogens with one attached hydrogen (secondary N) is 1. The zero-order valence-corrected chi connectivity index (χ0v) is 11.5. The molecule has 0 saturated carbocycles. The van der Waals surface area contributed by atoms with Crippen LogP contribution >= 0.6 is 22.9 Å². The number of carboxylic acid groups (broad SMARTS) is 1. The van der Waals surface area contributed by atoms with Crippen LogP contribution in [0, 0.1) is 0 Å². The van der Waals surface area contributed by atoms with Crippen LogP contribution < -0.4 is 5.32 Å². The molecule has 2 heterocycles. The second-order valence-electron chi connectivity index (χ2n) is 4.15. The third kappa shape index (κ3) is 3.34. The van der Waals surface area contributed by atoms with Gasteiger partial charge in [-0.2, -0.15) is 0 Å². The van der Waals surface area contributed by atoms with Crippen molar-refractivity contribution < 1.29 is 19.4 Å². The van der Waals surface area contributed by atoms with E-state index in [1.54, 1.807) is 18.2 Å². The van der Waals surface area contributed by atoms with Gasteiger partial charge in [0.15, 0.2) is 5.54 Å². The molecule has 0 radical (unpaired) electrons. The molecule has 2 rings (SSSR count). The predicted octanol–water partition coefficient (Wildman–Crippen LogP) is 1.77. The SMILES string of the molecule is O=C(C=Cc1ccc(Cl)s1)NC1(C(=O)O)CCOC1. The van der Waals surface area contributed by atoms with Gasteiger partial charge in [-0.3, -0.25) is 4.79 Å². The Morgan fingerprint density at radius 3 is 2.84 bits per heavy atom. The van der Waals surface area contributed by atoms with Crippen LogP contribution in [0.4, 0.5) is 0 Å². The highest BCUT2D eigenvalue weighted by molar-refractivity contribution is 7.17. The van der Waals surface area contributed by atoms with Gasteiger partial charge in [0.1, 0.15) is 0 Å². The number of rotatable bonds is 4. The average Bonchev–Trinajstić information content (AvgIpc) is 2.97. The number of hydrogen-bond donors (Lipinski definition) is 2. The summed E-state index contributed by atoms with van der Waals surface area (Å²) in [5.41, 5.74) is -1.31. The summed E-state index contributed by atoms with van der Waals surface area (Å²) >= 11 is 7.10. The first-order valence-electron chi connectivity index (χ1n) is 5.58. The first-order chi connectivity index (χ1) is 9.02. The molecule has 19 heavy (non-hydrogen) atoms. The summed E-state index contributed by atoms with van der Waals surface area (Å²) in [6.45, 7) is 0.323. The Labute approximate surface area is 118 Å². The van der Waals surface area contributed by atoms with Crippen molar-refractivity contribution in [2.75, 3.05) is 13.2 Å². The highest BCUT2D eigenvalue weighted by atomic mass is 35.5. The van der Waals surface area contributed by atoms with E-state index in [0.29, 0.717) is 10.9 Å². The summed E-state index contributed by atoms with van der Waals surface area (Å²) in [6, 6.07) is 3.51. The van der Waals surface area contributed by atoms with Crippen molar-refractivity contribution in [1.29, 1.82) is 0 Å². The maximum absolute atomic E-state index is 11.7. The summed E-state index contributed by atoms with van der Waals surface area (Å²) in [4.78, 5) is 23.8. The molecule has 1 aromatic rings. The molecule has 1 aromatic heterocycles. The lowest BCUT2D eigenvalue weighted by molar-refractivity contribution is -0.147. The Bertz CT molecular complexity index is 520. The second kappa shape index (κ2) is 5.73. The molecule has 1 aliphatic rings. The summed E-state index contributed by atoms with van der Waals surface area (Å²) in [6.07, 6.45) is 3.16. The Morgan fingerprint density at radius 1 is 1.53 bits per heavy atom. The van der Waals surface area contributed by atoms with Gasteiger partial charge in [0.25, 0.3) is 0 Å². The zero-order valence-electron chi connectivity index (χ0n) is 9.89. The Morgan fingerprint density at radius 2 is 2.32 bits per heavy atom. The molecule has 1 fully saturated rings. The number of halogens is 1. The van der Waals surface area contributed by atoms with Crippen LogP contribution in [0.1, 0.15) is 11.3 Å². The van der Waals surface area contributed by atoms with E-state index in [4.69, 9.17) is 21.4 Å². The summed E-state index contributed by atoms with van der Waals surface area (Å²) in [5, 5.41) is 11.7. The molecule has 1 saturated heterocycles. The maximum Gasteiger partial charge on any atom is 0.331 e. The summed E-state index contributed by atoms with van der Waals surface area (Å²) in [5.74, 6) is -1.54. The van der Waals surface area contributed by atoms with E-state index in [0.717, 1.165) is 4.88 Å². The number of ether oxygens (including phenoxy) is 1. The lowest BCUT2D eigenvalue weighted by Crippen LogP contribution is -2.54. The lowest BCUT2D eigenvalue weighted by atomic mass is 9.99. The molecule has 2 N–H and O–H groups in total. The minimum absolute atomic E-state index is 0.00720. The molecule has 1 aliphatic heterocycles. The molecule has 1 atom stereocenters. The van der Waals surface area contributed by atoms with Gasteiger partial charge in [-0.05, 0) is 18.2 Å². The van der Waals surface area contributed by atoms with Crippen LogP contribution in [0.3, 0.4) is 0 Å². The van der Waals surface area contributed by atoms with Crippen LogP contribution in [0.15, 0.2) is 18.2 Å². The van der Waals surface area contributed by atoms with E-state index in [2.05, 4.69) is 5.32 Å². The molecule has 7 heteroatoms. The number of thiophene rings is 1. The Balaban J connectivity index is 2.00. The smallest absolute Gasteiger partial charge is 0.331 e. The number of hydrogen-bond acceptors (Lipinski definition) is 4. The largest absolute Gasteiger partial charge is 0.479 e. The van der Waals surface area contributed by atoms with Gasteiger partial charge in [0.05, 0.1) is 10.9 Å². The third-order valence-corrected chi connectivity index (χ3v) is 3.98. The molecule has 102 valence electrons. The average molecular weight is 302 g/mol. The second-order valence-corrected chi connectivity index (χ2v) is 5.90. The minimum Gasteiger partial charge on any atom is -0.479 e. The van der Waals surface area contributed by atoms with Crippen LogP contribution in [-0.2, 0) is 14.3 Å². The van der Waals surface area contributed by atoms with Gasteiger partial charge in [-0.15, -0.1) is 11.3 Å². The highest BCUT2D eigenvalue weighted by Crippen LogP contribution is 2.22.